The molecule has 0 spiro atoms. The van der Waals surface area contributed by atoms with Crippen molar-refractivity contribution >= 4 is 0 Å². The minimum absolute atomic E-state index is 0. The van der Waals surface area contributed by atoms with Crippen LogP contribution >= 0.6 is 0 Å². The monoisotopic (exact) mass is 1260 g/mol. The molecule has 0 aromatic heterocycles. The second-order valence-corrected chi connectivity index (χ2v) is 15.0. The fourth-order valence-corrected chi connectivity index (χ4v) is 4.99. The first-order valence-electron chi connectivity index (χ1n) is 19.0. The first-order valence-corrected chi connectivity index (χ1v) is 19.0. The first-order chi connectivity index (χ1) is 25.2. The van der Waals surface area contributed by atoms with Gasteiger partial charge < -0.3 is 7.43 Å². The molecule has 6 rings (SSSR count). The van der Waals surface area contributed by atoms with E-state index in [-0.39, 0.29) is 204 Å². The van der Waals surface area contributed by atoms with Crippen molar-refractivity contribution in [1.29, 1.82) is 0 Å². The molecule has 6 aromatic carbocycles. The summed E-state index contributed by atoms with van der Waals surface area (Å²) in [5.74, 6) is 0. The number of rotatable bonds is 0. The summed E-state index contributed by atoms with van der Waals surface area (Å²) in [5, 5.41) is 0. The second kappa shape index (κ2) is 42.1. The molecule has 0 bridgehead atoms. The maximum atomic E-state index is 3.17. The molecule has 0 atom stereocenters. The van der Waals surface area contributed by atoms with Gasteiger partial charge in [0.2, 0.25) is 0 Å². The van der Waals surface area contributed by atoms with Gasteiger partial charge in [-0.15, -0.1) is 0 Å². The van der Waals surface area contributed by atoms with Gasteiger partial charge in [-0.1, -0.05) is 128 Å². The van der Waals surface area contributed by atoms with Gasteiger partial charge >= 0.3 is 0 Å². The average molecular weight is 1260 g/mol. The SMILES string of the molecule is Cc1[c-]cc(C)c(C)c1.Cc1[c-]cc(C)c(C)c1.Cc1[c-]cc(C)c(C)c1.Cc1c[c-]c(C)c(C)c1.Cc1c[c-]cc(C)c1C.Cc1ccc(C)c(C)c1.[CH3-].[Y].[Y].[Y].[Y].[Y].[Y]. The molecule has 0 unspecified atom stereocenters. The van der Waals surface area contributed by atoms with Gasteiger partial charge in [0, 0.05) is 196 Å². The largest absolute Gasteiger partial charge is 0.358 e. The van der Waals surface area contributed by atoms with Crippen molar-refractivity contribution in [3.05, 3.63) is 217 Å². The molecule has 0 saturated heterocycles. The van der Waals surface area contributed by atoms with E-state index in [1.54, 1.807) is 0 Å². The third kappa shape index (κ3) is 34.0. The van der Waals surface area contributed by atoms with E-state index in [1.165, 1.54) is 100 Å². The van der Waals surface area contributed by atoms with Crippen LogP contribution in [0.4, 0.5) is 0 Å². The Hall–Kier alpha value is 1.94. The van der Waals surface area contributed by atoms with Crippen LogP contribution < -0.4 is 0 Å². The van der Waals surface area contributed by atoms with Crippen LogP contribution in [0.2, 0.25) is 0 Å². The number of hydrogen-bond donors (Lipinski definition) is 0. The van der Waals surface area contributed by atoms with Crippen LogP contribution in [0, 0.1) is 162 Å². The van der Waals surface area contributed by atoms with Gasteiger partial charge in [-0.05, 0) is 31.9 Å². The molecule has 0 fully saturated rings. The van der Waals surface area contributed by atoms with Crippen LogP contribution in [0.1, 0.15) is 100 Å². The summed E-state index contributed by atoms with van der Waals surface area (Å²) >= 11 is 0. The van der Waals surface area contributed by atoms with E-state index in [9.17, 15) is 0 Å². The van der Waals surface area contributed by atoms with Crippen LogP contribution in [0.3, 0.4) is 0 Å². The maximum Gasteiger partial charge on any atom is 0 e. The molecule has 0 N–H and O–H groups in total. The molecule has 6 aromatic rings. The number of hydrogen-bond acceptors (Lipinski definition) is 0. The van der Waals surface area contributed by atoms with Crippen molar-refractivity contribution in [2.75, 3.05) is 0 Å². The fourth-order valence-electron chi connectivity index (χ4n) is 4.99. The molecular formula is C55H70Y6-6. The Balaban J connectivity index is -0.000000112. The van der Waals surface area contributed by atoms with Crippen molar-refractivity contribution in [3.63, 3.8) is 0 Å². The molecule has 0 aliphatic carbocycles. The van der Waals surface area contributed by atoms with Gasteiger partial charge in [-0.25, -0.2) is 0 Å². The summed E-state index contributed by atoms with van der Waals surface area (Å²) in [4.78, 5) is 0. The van der Waals surface area contributed by atoms with Gasteiger partial charge in [0.15, 0.2) is 0 Å². The minimum Gasteiger partial charge on any atom is -0.358 e. The third-order valence-corrected chi connectivity index (χ3v) is 9.71. The van der Waals surface area contributed by atoms with Gasteiger partial charge in [0.05, 0.1) is 0 Å². The molecule has 61 heavy (non-hydrogen) atoms. The smallest absolute Gasteiger partial charge is 0 e. The fraction of sp³-hybridized carbons (Fsp3) is 0.327. The van der Waals surface area contributed by atoms with E-state index in [0.29, 0.717) is 0 Å². The molecule has 0 saturated carbocycles. The van der Waals surface area contributed by atoms with Crippen LogP contribution in [-0.2, 0) is 196 Å². The average Bonchev–Trinajstić information content (AvgIpc) is 3.10. The quantitative estimate of drug-likeness (QED) is 0.133. The Bertz CT molecular complexity index is 1760. The first kappa shape index (κ1) is 77.2. The van der Waals surface area contributed by atoms with E-state index < -0.39 is 0 Å². The zero-order valence-electron chi connectivity index (χ0n) is 41.5. The third-order valence-electron chi connectivity index (χ3n) is 9.71. The van der Waals surface area contributed by atoms with E-state index in [2.05, 4.69) is 197 Å². The van der Waals surface area contributed by atoms with E-state index >= 15 is 0 Å². The normalized spacial score (nSPS) is 8.56. The Labute approximate surface area is 528 Å². The molecule has 314 valence electrons. The van der Waals surface area contributed by atoms with Gasteiger partial charge in [0.1, 0.15) is 0 Å². The molecule has 0 nitrogen and oxygen atoms in total. The predicted octanol–water partition coefficient (Wildman–Crippen LogP) is 15.1. The summed E-state index contributed by atoms with van der Waals surface area (Å²) in [5.41, 5.74) is 23.7. The molecule has 0 amide bonds. The van der Waals surface area contributed by atoms with E-state index in [4.69, 9.17) is 0 Å². The summed E-state index contributed by atoms with van der Waals surface area (Å²) in [6, 6.07) is 42.9. The Kier molecular flexibility index (Phi) is 53.2. The topological polar surface area (TPSA) is 0 Å². The van der Waals surface area contributed by atoms with E-state index in [0.717, 1.165) is 0 Å². The van der Waals surface area contributed by atoms with Crippen LogP contribution in [0.5, 0.6) is 0 Å². The van der Waals surface area contributed by atoms with Crippen molar-refractivity contribution in [2.45, 2.75) is 125 Å². The number of benzene rings is 6. The minimum atomic E-state index is 0. The Morgan fingerprint density at radius 2 is 0.607 bits per heavy atom. The maximum absolute atomic E-state index is 3.17. The summed E-state index contributed by atoms with van der Waals surface area (Å²) < 4.78 is 0. The molecule has 0 aliphatic heterocycles. The van der Waals surface area contributed by atoms with Crippen molar-refractivity contribution in [3.8, 4) is 0 Å². The van der Waals surface area contributed by atoms with Crippen molar-refractivity contribution in [2.24, 2.45) is 0 Å². The zero-order chi connectivity index (χ0) is 41.1. The van der Waals surface area contributed by atoms with E-state index in [1.807, 2.05) is 36.4 Å². The Morgan fingerprint density at radius 3 is 0.852 bits per heavy atom. The summed E-state index contributed by atoms with van der Waals surface area (Å²) in [7, 11) is 0. The molecule has 6 heteroatoms. The summed E-state index contributed by atoms with van der Waals surface area (Å²) in [6.07, 6.45) is 0. The Morgan fingerprint density at radius 1 is 0.279 bits per heavy atom. The molecule has 0 aliphatic rings. The molecule has 6 radical (unpaired) electrons. The standard InChI is InChI=1S/C9H12.5C9H11.CH3.6Y/c5*1-7-4-5-8(2)9(3)6-7;1-7-5-4-6-8(2)9(7)3;;;;;;;/h4-6H,1-3H3;3*5-6H,1-3H3;4,6H,1-3H3;5-6H,1-3H3;1H3;;;;;;/q;6*-1;;;;;;. The van der Waals surface area contributed by atoms with Gasteiger partial charge in [-0.2, -0.15) is 174 Å². The summed E-state index contributed by atoms with van der Waals surface area (Å²) in [6.45, 7) is 37.9. The predicted molar refractivity (Wildman–Crippen MR) is 245 cm³/mol. The van der Waals surface area contributed by atoms with Crippen LogP contribution in [0.25, 0.3) is 0 Å². The molecular weight excluding hydrogens is 1190 g/mol. The van der Waals surface area contributed by atoms with Gasteiger partial charge in [-0.3, -0.25) is 0 Å². The van der Waals surface area contributed by atoms with Gasteiger partial charge in [0.25, 0.3) is 0 Å². The number of aryl methyl sites for hydroxylation is 17. The van der Waals surface area contributed by atoms with Crippen LogP contribution in [0.15, 0.2) is 78.9 Å². The van der Waals surface area contributed by atoms with Crippen molar-refractivity contribution in [1.82, 2.24) is 0 Å². The molecule has 0 heterocycles. The second-order valence-electron chi connectivity index (χ2n) is 15.0. The van der Waals surface area contributed by atoms with Crippen molar-refractivity contribution < 1.29 is 196 Å². The van der Waals surface area contributed by atoms with Crippen LogP contribution in [-0.4, -0.2) is 0 Å². The zero-order valence-corrected chi connectivity index (χ0v) is 58.5.